The maximum absolute atomic E-state index is 12.3. The van der Waals surface area contributed by atoms with Gasteiger partial charge >= 0.3 is 5.69 Å². The van der Waals surface area contributed by atoms with Crippen LogP contribution in [0.15, 0.2) is 57.2 Å². The molecular weight excluding hydrogens is 336 g/mol. The van der Waals surface area contributed by atoms with Crippen molar-refractivity contribution in [3.8, 4) is 0 Å². The molecule has 0 unspecified atom stereocenters. The maximum atomic E-state index is 12.3. The predicted octanol–water partition coefficient (Wildman–Crippen LogP) is 2.33. The first-order valence-corrected chi connectivity index (χ1v) is 9.07. The number of benzene rings is 1. The van der Waals surface area contributed by atoms with Crippen LogP contribution in [-0.2, 0) is 20.0 Å². The maximum Gasteiger partial charge on any atom is 0.329 e. The molecule has 0 spiro atoms. The minimum absolute atomic E-state index is 0.398. The summed E-state index contributed by atoms with van der Waals surface area (Å²) in [7, 11) is 1.62. The number of imidazole rings is 1. The zero-order valence-electron chi connectivity index (χ0n) is 14.2. The van der Waals surface area contributed by atoms with Crippen molar-refractivity contribution >= 4 is 22.9 Å². The van der Waals surface area contributed by atoms with E-state index in [4.69, 9.17) is 0 Å². The normalized spacial score (nSPS) is 11.6. The van der Waals surface area contributed by atoms with Gasteiger partial charge in [-0.3, -0.25) is 14.3 Å². The number of allylic oxidation sites excluding steroid dienone is 2. The van der Waals surface area contributed by atoms with Gasteiger partial charge in [-0.05, 0) is 18.9 Å². The van der Waals surface area contributed by atoms with E-state index < -0.39 is 11.2 Å². The van der Waals surface area contributed by atoms with Gasteiger partial charge < -0.3 is 4.57 Å². The lowest BCUT2D eigenvalue weighted by Crippen LogP contribution is -2.29. The molecule has 2 heterocycles. The van der Waals surface area contributed by atoms with E-state index in [1.807, 2.05) is 41.8 Å². The number of H-pyrrole nitrogens is 1. The van der Waals surface area contributed by atoms with E-state index >= 15 is 0 Å². The summed E-state index contributed by atoms with van der Waals surface area (Å²) in [4.78, 5) is 31.0. The molecule has 3 aromatic rings. The van der Waals surface area contributed by atoms with E-state index in [2.05, 4.69) is 22.1 Å². The van der Waals surface area contributed by atoms with E-state index in [9.17, 15) is 9.59 Å². The third-order valence-electron chi connectivity index (χ3n) is 3.96. The molecule has 7 heteroatoms. The molecule has 25 heavy (non-hydrogen) atoms. The SMILES string of the molecule is C/C=C\Cn1c(SCCc2ccccc2)nc2c1c(=O)[nH]c(=O)n2C. The van der Waals surface area contributed by atoms with Crippen molar-refractivity contribution in [2.24, 2.45) is 7.05 Å². The molecule has 6 nitrogen and oxygen atoms in total. The highest BCUT2D eigenvalue weighted by Crippen LogP contribution is 2.22. The summed E-state index contributed by atoms with van der Waals surface area (Å²) in [6.07, 6.45) is 4.81. The molecule has 1 aromatic carbocycles. The third kappa shape index (κ3) is 3.61. The van der Waals surface area contributed by atoms with Crippen LogP contribution in [0.3, 0.4) is 0 Å². The number of nitrogens with zero attached hydrogens (tertiary/aromatic N) is 3. The summed E-state index contributed by atoms with van der Waals surface area (Å²) in [6, 6.07) is 10.2. The topological polar surface area (TPSA) is 72.7 Å². The third-order valence-corrected chi connectivity index (χ3v) is 4.94. The highest BCUT2D eigenvalue weighted by molar-refractivity contribution is 7.99. The van der Waals surface area contributed by atoms with Crippen LogP contribution in [-0.4, -0.2) is 24.9 Å². The Kier molecular flexibility index (Phi) is 5.23. The second-order valence-corrected chi connectivity index (χ2v) is 6.71. The van der Waals surface area contributed by atoms with Gasteiger partial charge in [0.15, 0.2) is 16.3 Å². The van der Waals surface area contributed by atoms with Crippen molar-refractivity contribution in [3.05, 3.63) is 68.9 Å². The van der Waals surface area contributed by atoms with Crippen LogP contribution in [0.4, 0.5) is 0 Å². The van der Waals surface area contributed by atoms with Crippen LogP contribution in [0.1, 0.15) is 12.5 Å². The van der Waals surface area contributed by atoms with Crippen molar-refractivity contribution < 1.29 is 0 Å². The van der Waals surface area contributed by atoms with Crippen LogP contribution in [0, 0.1) is 0 Å². The number of aryl methyl sites for hydroxylation is 2. The predicted molar refractivity (Wildman–Crippen MR) is 101 cm³/mol. The second-order valence-electron chi connectivity index (χ2n) is 5.65. The molecule has 0 amide bonds. The van der Waals surface area contributed by atoms with E-state index in [0.717, 1.165) is 17.3 Å². The summed E-state index contributed by atoms with van der Waals surface area (Å²) in [5.74, 6) is 0.842. The van der Waals surface area contributed by atoms with Crippen LogP contribution in [0.5, 0.6) is 0 Å². The average molecular weight is 356 g/mol. The molecule has 1 N–H and O–H groups in total. The van der Waals surface area contributed by atoms with Gasteiger partial charge in [-0.1, -0.05) is 54.2 Å². The fourth-order valence-corrected chi connectivity index (χ4v) is 3.60. The Hall–Kier alpha value is -2.54. The van der Waals surface area contributed by atoms with Gasteiger partial charge in [-0.2, -0.15) is 0 Å². The molecule has 130 valence electrons. The first kappa shape index (κ1) is 17.3. The molecule has 0 aliphatic heterocycles. The summed E-state index contributed by atoms with van der Waals surface area (Å²) < 4.78 is 3.24. The fraction of sp³-hybridized carbons (Fsp3) is 0.278. The molecule has 0 saturated heterocycles. The Labute approximate surface area is 149 Å². The minimum atomic E-state index is -0.450. The first-order valence-electron chi connectivity index (χ1n) is 8.09. The average Bonchev–Trinajstić information content (AvgIpc) is 2.98. The summed E-state index contributed by atoms with van der Waals surface area (Å²) in [5, 5.41) is 0.746. The minimum Gasteiger partial charge on any atom is -0.309 e. The molecule has 2 aromatic heterocycles. The Balaban J connectivity index is 1.95. The highest BCUT2D eigenvalue weighted by atomic mass is 32.2. The van der Waals surface area contributed by atoms with E-state index in [1.54, 1.807) is 18.8 Å². The van der Waals surface area contributed by atoms with E-state index in [0.29, 0.717) is 17.7 Å². The van der Waals surface area contributed by atoms with E-state index in [-0.39, 0.29) is 0 Å². The van der Waals surface area contributed by atoms with Gasteiger partial charge in [0.1, 0.15) is 0 Å². The number of rotatable bonds is 6. The van der Waals surface area contributed by atoms with Crippen molar-refractivity contribution in [2.45, 2.75) is 25.0 Å². The molecule has 0 saturated carbocycles. The van der Waals surface area contributed by atoms with Crippen LogP contribution in [0.25, 0.3) is 11.2 Å². The summed E-state index contributed by atoms with van der Waals surface area (Å²) >= 11 is 1.59. The zero-order chi connectivity index (χ0) is 17.8. The van der Waals surface area contributed by atoms with Crippen LogP contribution in [0.2, 0.25) is 0 Å². The van der Waals surface area contributed by atoms with Gasteiger partial charge in [0.05, 0.1) is 0 Å². The molecular formula is C18H20N4O2S. The molecule has 0 aliphatic rings. The number of thioether (sulfide) groups is 1. The molecule has 0 bridgehead atoms. The number of hydrogen-bond donors (Lipinski definition) is 1. The van der Waals surface area contributed by atoms with Gasteiger partial charge in [0.2, 0.25) is 0 Å². The van der Waals surface area contributed by atoms with Crippen molar-refractivity contribution in [3.63, 3.8) is 0 Å². The van der Waals surface area contributed by atoms with Crippen molar-refractivity contribution in [1.29, 1.82) is 0 Å². The Bertz CT molecular complexity index is 1020. The van der Waals surface area contributed by atoms with Crippen molar-refractivity contribution in [2.75, 3.05) is 5.75 Å². The lowest BCUT2D eigenvalue weighted by atomic mass is 10.2. The number of aromatic amines is 1. The molecule has 0 radical (unpaired) electrons. The first-order chi connectivity index (χ1) is 12.1. The number of hydrogen-bond acceptors (Lipinski definition) is 4. The quantitative estimate of drug-likeness (QED) is 0.543. The lowest BCUT2D eigenvalue weighted by Gasteiger charge is -2.06. The number of aromatic nitrogens is 4. The van der Waals surface area contributed by atoms with Gasteiger partial charge in [-0.25, -0.2) is 9.78 Å². The largest absolute Gasteiger partial charge is 0.329 e. The lowest BCUT2D eigenvalue weighted by molar-refractivity contribution is 0.743. The van der Waals surface area contributed by atoms with Crippen LogP contribution < -0.4 is 11.2 Å². The van der Waals surface area contributed by atoms with Gasteiger partial charge in [-0.15, -0.1) is 0 Å². The Morgan fingerprint density at radius 1 is 1.24 bits per heavy atom. The van der Waals surface area contributed by atoms with Crippen LogP contribution >= 0.6 is 11.8 Å². The summed E-state index contributed by atoms with van der Waals surface area (Å²) in [6.45, 7) is 2.48. The van der Waals surface area contributed by atoms with Crippen molar-refractivity contribution in [1.82, 2.24) is 19.1 Å². The second kappa shape index (κ2) is 7.57. The molecule has 3 rings (SSSR count). The molecule has 0 fully saturated rings. The number of fused-ring (bicyclic) bond motifs is 1. The monoisotopic (exact) mass is 356 g/mol. The number of nitrogens with one attached hydrogen (secondary N) is 1. The standard InChI is InChI=1S/C18H20N4O2S/c1-3-4-11-22-14-15(21(2)17(24)20-16(14)23)19-18(22)25-12-10-13-8-6-5-7-9-13/h3-9H,10-12H2,1-2H3,(H,20,23,24)/b4-3-. The Morgan fingerprint density at radius 3 is 2.72 bits per heavy atom. The molecule has 0 aliphatic carbocycles. The Morgan fingerprint density at radius 2 is 2.00 bits per heavy atom. The van der Waals surface area contributed by atoms with E-state index in [1.165, 1.54) is 10.1 Å². The summed E-state index contributed by atoms with van der Waals surface area (Å²) in [5.41, 5.74) is 1.26. The smallest absolute Gasteiger partial charge is 0.309 e. The molecule has 0 atom stereocenters. The fourth-order valence-electron chi connectivity index (χ4n) is 2.61. The van der Waals surface area contributed by atoms with Gasteiger partial charge in [0.25, 0.3) is 5.56 Å². The zero-order valence-corrected chi connectivity index (χ0v) is 15.0. The van der Waals surface area contributed by atoms with Gasteiger partial charge in [0, 0.05) is 19.3 Å². The highest BCUT2D eigenvalue weighted by Gasteiger charge is 2.16.